The number of rotatable bonds is 1. The van der Waals surface area contributed by atoms with Gasteiger partial charge in [0.2, 0.25) is 0 Å². The van der Waals surface area contributed by atoms with Gasteiger partial charge in [0.1, 0.15) is 5.84 Å². The van der Waals surface area contributed by atoms with E-state index in [4.69, 9.17) is 0 Å². The van der Waals surface area contributed by atoms with Crippen molar-refractivity contribution < 1.29 is 0 Å². The third kappa shape index (κ3) is 3.61. The average molecular weight is 400 g/mol. The molecule has 0 spiro atoms. The van der Waals surface area contributed by atoms with E-state index in [0.717, 1.165) is 27.4 Å². The lowest BCUT2D eigenvalue weighted by atomic mass is 10.3. The number of nitrogens with zero attached hydrogens (tertiary/aromatic N) is 1. The molecule has 2 aromatic rings. The van der Waals surface area contributed by atoms with Crippen molar-refractivity contribution in [2.45, 2.75) is 4.90 Å². The van der Waals surface area contributed by atoms with Gasteiger partial charge in [0.15, 0.2) is 0 Å². The fourth-order valence-electron chi connectivity index (χ4n) is 1.76. The highest BCUT2D eigenvalue weighted by atomic mass is 79.9. The molecule has 0 amide bonds. The smallest absolute Gasteiger partial charge is 0.117 e. The van der Waals surface area contributed by atoms with Gasteiger partial charge in [0, 0.05) is 15.1 Å². The summed E-state index contributed by atoms with van der Waals surface area (Å²) in [7, 11) is 0. The molecule has 0 radical (unpaired) electrons. The summed E-state index contributed by atoms with van der Waals surface area (Å²) in [5.74, 6) is 1.88. The molecule has 1 aliphatic heterocycles. The Kier molecular flexibility index (Phi) is 5.07. The number of hydrogen-bond donors (Lipinski definition) is 1. The third-order valence-corrected chi connectivity index (χ3v) is 4.22. The maximum absolute atomic E-state index is 4.64. The predicted molar refractivity (Wildman–Crippen MR) is 92.3 cm³/mol. The second-order valence-electron chi connectivity index (χ2n) is 3.95. The van der Waals surface area contributed by atoms with Gasteiger partial charge in [-0.25, -0.2) is 4.99 Å². The number of benzene rings is 2. The standard InChI is InChI=1S/C14H11BrN2S.BrH/c15-10-5-7-11(8-6-10)16-14-9-18-13-4-2-1-3-12(13)17-14;/h1-8H,9H2,(H,16,17);1H. The number of hydrogen-bond acceptors (Lipinski definition) is 3. The molecule has 2 aromatic carbocycles. The van der Waals surface area contributed by atoms with Gasteiger partial charge in [-0.1, -0.05) is 28.1 Å². The molecular formula is C14H12Br2N2S. The topological polar surface area (TPSA) is 24.4 Å². The van der Waals surface area contributed by atoms with Crippen molar-refractivity contribution in [3.63, 3.8) is 0 Å². The summed E-state index contributed by atoms with van der Waals surface area (Å²) < 4.78 is 1.08. The van der Waals surface area contributed by atoms with Gasteiger partial charge in [-0.05, 0) is 36.4 Å². The van der Waals surface area contributed by atoms with Crippen molar-refractivity contribution in [2.75, 3.05) is 11.1 Å². The van der Waals surface area contributed by atoms with Gasteiger partial charge in [-0.15, -0.1) is 28.7 Å². The molecule has 0 aliphatic carbocycles. The quantitative estimate of drug-likeness (QED) is 0.705. The minimum absolute atomic E-state index is 0. The number of amidine groups is 1. The Morgan fingerprint density at radius 2 is 1.79 bits per heavy atom. The molecule has 1 aliphatic rings. The Balaban J connectivity index is 0.00000133. The third-order valence-electron chi connectivity index (χ3n) is 2.62. The van der Waals surface area contributed by atoms with E-state index in [1.807, 2.05) is 48.2 Å². The SMILES string of the molecule is Br.Brc1ccc(NC2=Nc3ccccc3SC2)cc1. The fourth-order valence-corrected chi connectivity index (χ4v) is 2.89. The van der Waals surface area contributed by atoms with Crippen LogP contribution in [0.3, 0.4) is 0 Å². The lowest BCUT2D eigenvalue weighted by Gasteiger charge is -2.16. The predicted octanol–water partition coefficient (Wildman–Crippen LogP) is 5.27. The summed E-state index contributed by atoms with van der Waals surface area (Å²) in [6, 6.07) is 16.3. The summed E-state index contributed by atoms with van der Waals surface area (Å²) in [5, 5.41) is 3.36. The van der Waals surface area contributed by atoms with Gasteiger partial charge >= 0.3 is 0 Å². The summed E-state index contributed by atoms with van der Waals surface area (Å²) in [5.41, 5.74) is 2.12. The first-order valence-electron chi connectivity index (χ1n) is 5.63. The van der Waals surface area contributed by atoms with Crippen molar-refractivity contribution in [2.24, 2.45) is 4.99 Å². The van der Waals surface area contributed by atoms with E-state index >= 15 is 0 Å². The zero-order valence-electron chi connectivity index (χ0n) is 9.97. The molecule has 2 nitrogen and oxygen atoms in total. The van der Waals surface area contributed by atoms with Crippen LogP contribution in [-0.2, 0) is 0 Å². The van der Waals surface area contributed by atoms with Crippen LogP contribution in [0.2, 0.25) is 0 Å². The van der Waals surface area contributed by atoms with Crippen molar-refractivity contribution in [1.82, 2.24) is 0 Å². The average Bonchev–Trinajstić information content (AvgIpc) is 2.41. The minimum Gasteiger partial charge on any atom is -0.343 e. The normalized spacial score (nSPS) is 13.0. The minimum atomic E-state index is 0. The lowest BCUT2D eigenvalue weighted by molar-refractivity contribution is 1.34. The number of halogens is 2. The first-order valence-corrected chi connectivity index (χ1v) is 7.41. The van der Waals surface area contributed by atoms with Crippen LogP contribution in [0.25, 0.3) is 0 Å². The molecule has 0 saturated heterocycles. The molecule has 3 rings (SSSR count). The second-order valence-corrected chi connectivity index (χ2v) is 5.88. The highest BCUT2D eigenvalue weighted by Crippen LogP contribution is 2.33. The van der Waals surface area contributed by atoms with Crippen LogP contribution < -0.4 is 5.32 Å². The highest BCUT2D eigenvalue weighted by Gasteiger charge is 2.11. The van der Waals surface area contributed by atoms with Gasteiger partial charge in [-0.2, -0.15) is 0 Å². The van der Waals surface area contributed by atoms with E-state index in [-0.39, 0.29) is 17.0 Å². The van der Waals surface area contributed by atoms with Crippen LogP contribution in [0.5, 0.6) is 0 Å². The van der Waals surface area contributed by atoms with Crippen molar-refractivity contribution in [3.8, 4) is 0 Å². The van der Waals surface area contributed by atoms with Crippen LogP contribution in [0.15, 0.2) is 62.9 Å². The van der Waals surface area contributed by atoms with Crippen molar-refractivity contribution in [3.05, 3.63) is 53.0 Å². The van der Waals surface area contributed by atoms with Gasteiger partial charge in [0.25, 0.3) is 0 Å². The van der Waals surface area contributed by atoms with Crippen LogP contribution in [0, 0.1) is 0 Å². The Morgan fingerprint density at radius 3 is 2.58 bits per heavy atom. The van der Waals surface area contributed by atoms with Crippen LogP contribution in [0.1, 0.15) is 0 Å². The largest absolute Gasteiger partial charge is 0.343 e. The number of fused-ring (bicyclic) bond motifs is 1. The summed E-state index contributed by atoms with van der Waals surface area (Å²) >= 11 is 5.25. The number of thioether (sulfide) groups is 1. The molecule has 1 N–H and O–H groups in total. The van der Waals surface area contributed by atoms with E-state index in [1.165, 1.54) is 4.90 Å². The zero-order chi connectivity index (χ0) is 12.4. The molecule has 0 unspecified atom stereocenters. The molecule has 0 bridgehead atoms. The molecular weight excluding hydrogens is 388 g/mol. The van der Waals surface area contributed by atoms with Crippen LogP contribution >= 0.6 is 44.7 Å². The lowest BCUT2D eigenvalue weighted by Crippen LogP contribution is -2.16. The highest BCUT2D eigenvalue weighted by molar-refractivity contribution is 9.10. The Hall–Kier alpha value is -0.780. The fraction of sp³-hybridized carbons (Fsp3) is 0.0714. The molecule has 5 heteroatoms. The first-order chi connectivity index (χ1) is 8.81. The Bertz CT molecular complexity index is 597. The number of para-hydroxylation sites is 1. The van der Waals surface area contributed by atoms with Crippen LogP contribution in [0.4, 0.5) is 11.4 Å². The van der Waals surface area contributed by atoms with E-state index in [1.54, 1.807) is 0 Å². The molecule has 1 heterocycles. The first kappa shape index (κ1) is 14.6. The Labute approximate surface area is 135 Å². The summed E-state index contributed by atoms with van der Waals surface area (Å²) in [6.45, 7) is 0. The zero-order valence-corrected chi connectivity index (χ0v) is 14.1. The summed E-state index contributed by atoms with van der Waals surface area (Å²) in [4.78, 5) is 5.89. The molecule has 98 valence electrons. The monoisotopic (exact) mass is 398 g/mol. The molecule has 0 saturated carbocycles. The molecule has 0 fully saturated rings. The van der Waals surface area contributed by atoms with Gasteiger partial charge in [-0.3, -0.25) is 0 Å². The van der Waals surface area contributed by atoms with E-state index < -0.39 is 0 Å². The Morgan fingerprint density at radius 1 is 1.05 bits per heavy atom. The number of anilines is 1. The maximum atomic E-state index is 4.64. The second kappa shape index (κ2) is 6.59. The molecule has 19 heavy (non-hydrogen) atoms. The van der Waals surface area contributed by atoms with Crippen LogP contribution in [-0.4, -0.2) is 11.6 Å². The van der Waals surface area contributed by atoms with Gasteiger partial charge in [0.05, 0.1) is 11.4 Å². The molecule has 0 atom stereocenters. The van der Waals surface area contributed by atoms with Crippen molar-refractivity contribution in [1.29, 1.82) is 0 Å². The number of aliphatic imine (C=N–C) groups is 1. The molecule has 0 aromatic heterocycles. The van der Waals surface area contributed by atoms with Gasteiger partial charge < -0.3 is 5.32 Å². The van der Waals surface area contributed by atoms with E-state index in [2.05, 4.69) is 38.4 Å². The summed E-state index contributed by atoms with van der Waals surface area (Å²) in [6.07, 6.45) is 0. The van der Waals surface area contributed by atoms with E-state index in [9.17, 15) is 0 Å². The van der Waals surface area contributed by atoms with E-state index in [0.29, 0.717) is 0 Å². The number of nitrogens with one attached hydrogen (secondary N) is 1. The maximum Gasteiger partial charge on any atom is 0.117 e. The van der Waals surface area contributed by atoms with Crippen molar-refractivity contribution >= 4 is 61.9 Å².